The number of hydrogen-bond acceptors (Lipinski definition) is 4. The lowest BCUT2D eigenvalue weighted by Gasteiger charge is -2.20. The van der Waals surface area contributed by atoms with Gasteiger partial charge in [-0.15, -0.1) is 11.3 Å². The van der Waals surface area contributed by atoms with E-state index in [1.807, 2.05) is 0 Å². The summed E-state index contributed by atoms with van der Waals surface area (Å²) in [6.45, 7) is 0.0263. The van der Waals surface area contributed by atoms with Crippen molar-refractivity contribution in [3.63, 3.8) is 0 Å². The smallest absolute Gasteiger partial charge is 0.346 e. The Balaban J connectivity index is 1.67. The zero-order valence-corrected chi connectivity index (χ0v) is 13.7. The summed E-state index contributed by atoms with van der Waals surface area (Å²) in [6.07, 6.45) is -4.42. The number of amides is 2. The molecule has 2 amide bonds. The van der Waals surface area contributed by atoms with Crippen LogP contribution < -0.4 is 5.32 Å². The van der Waals surface area contributed by atoms with Gasteiger partial charge in [0.15, 0.2) is 0 Å². The van der Waals surface area contributed by atoms with Gasteiger partial charge in [-0.2, -0.15) is 13.2 Å². The van der Waals surface area contributed by atoms with Crippen molar-refractivity contribution in [3.8, 4) is 0 Å². The number of nitrogens with zero attached hydrogens (tertiary/aromatic N) is 2. The molecule has 1 aliphatic heterocycles. The molecule has 0 spiro atoms. The standard InChI is InChI=1S/C16H14F3N3O2S/c17-16(18,19)12-4-2-1-3-10(12)6-22-7-11(5-14(22)23)21-15(24)13-8-25-9-20-13/h1-4,8-9,11H,5-7H2,(H,21,24)/t11-/m1/s1. The highest BCUT2D eigenvalue weighted by molar-refractivity contribution is 7.07. The van der Waals surface area contributed by atoms with Crippen molar-refractivity contribution in [1.29, 1.82) is 0 Å². The van der Waals surface area contributed by atoms with Gasteiger partial charge in [-0.05, 0) is 11.6 Å². The second-order valence-corrected chi connectivity index (χ2v) is 6.40. The summed E-state index contributed by atoms with van der Waals surface area (Å²) in [5.41, 5.74) is 1.07. The molecule has 132 valence electrons. The Morgan fingerprint density at radius 2 is 2.12 bits per heavy atom. The third-order valence-corrected chi connectivity index (χ3v) is 4.49. The Morgan fingerprint density at radius 1 is 1.36 bits per heavy atom. The second-order valence-electron chi connectivity index (χ2n) is 5.68. The van der Waals surface area contributed by atoms with Gasteiger partial charge in [-0.3, -0.25) is 9.59 Å². The lowest BCUT2D eigenvalue weighted by Crippen LogP contribution is -2.37. The van der Waals surface area contributed by atoms with E-state index in [4.69, 9.17) is 0 Å². The number of rotatable bonds is 4. The van der Waals surface area contributed by atoms with Crippen molar-refractivity contribution in [2.75, 3.05) is 6.54 Å². The summed E-state index contributed by atoms with van der Waals surface area (Å²) in [7, 11) is 0. The van der Waals surface area contributed by atoms with Crippen LogP contribution in [0.25, 0.3) is 0 Å². The summed E-state index contributed by atoms with van der Waals surface area (Å²) in [5, 5.41) is 4.28. The number of likely N-dealkylation sites (tertiary alicyclic amines) is 1. The molecule has 1 saturated heterocycles. The Labute approximate surface area is 145 Å². The quantitative estimate of drug-likeness (QED) is 0.901. The fourth-order valence-electron chi connectivity index (χ4n) is 2.75. The molecular weight excluding hydrogens is 355 g/mol. The Kier molecular flexibility index (Phi) is 4.76. The normalized spacial score (nSPS) is 17.8. The predicted molar refractivity (Wildman–Crippen MR) is 84.8 cm³/mol. The zero-order chi connectivity index (χ0) is 18.0. The average Bonchev–Trinajstić information content (AvgIpc) is 3.18. The summed E-state index contributed by atoms with van der Waals surface area (Å²) >= 11 is 1.28. The molecule has 0 aliphatic carbocycles. The molecule has 0 unspecified atom stereocenters. The topological polar surface area (TPSA) is 62.3 Å². The Hall–Kier alpha value is -2.42. The SMILES string of the molecule is O=C(N[C@@H]1CC(=O)N(Cc2ccccc2C(F)(F)F)C1)c1cscn1. The molecule has 1 aromatic heterocycles. The molecule has 1 aliphatic rings. The summed E-state index contributed by atoms with van der Waals surface area (Å²) < 4.78 is 39.2. The number of aromatic nitrogens is 1. The van der Waals surface area contributed by atoms with Crippen LogP contribution in [-0.4, -0.2) is 34.3 Å². The number of nitrogens with one attached hydrogen (secondary N) is 1. The Bertz CT molecular complexity index is 777. The molecule has 0 saturated carbocycles. The molecule has 5 nitrogen and oxygen atoms in total. The largest absolute Gasteiger partial charge is 0.416 e. The van der Waals surface area contributed by atoms with Gasteiger partial charge in [-0.1, -0.05) is 18.2 Å². The van der Waals surface area contributed by atoms with Crippen LogP contribution in [0, 0.1) is 0 Å². The minimum absolute atomic E-state index is 0.0369. The van der Waals surface area contributed by atoms with Gasteiger partial charge in [0.1, 0.15) is 5.69 Å². The highest BCUT2D eigenvalue weighted by Crippen LogP contribution is 2.32. The summed E-state index contributed by atoms with van der Waals surface area (Å²) in [5.74, 6) is -0.683. The van der Waals surface area contributed by atoms with Crippen LogP contribution in [-0.2, 0) is 17.5 Å². The fourth-order valence-corrected chi connectivity index (χ4v) is 3.28. The van der Waals surface area contributed by atoms with E-state index in [1.165, 1.54) is 39.9 Å². The van der Waals surface area contributed by atoms with E-state index in [9.17, 15) is 22.8 Å². The minimum Gasteiger partial charge on any atom is -0.346 e. The van der Waals surface area contributed by atoms with Crippen molar-refractivity contribution < 1.29 is 22.8 Å². The number of benzene rings is 1. The predicted octanol–water partition coefficient (Wildman–Crippen LogP) is 2.69. The van der Waals surface area contributed by atoms with E-state index in [1.54, 1.807) is 5.38 Å². The highest BCUT2D eigenvalue weighted by Gasteiger charge is 2.36. The second kappa shape index (κ2) is 6.83. The van der Waals surface area contributed by atoms with Gasteiger partial charge >= 0.3 is 6.18 Å². The van der Waals surface area contributed by atoms with Crippen molar-refractivity contribution in [2.45, 2.75) is 25.2 Å². The van der Waals surface area contributed by atoms with Crippen LogP contribution >= 0.6 is 11.3 Å². The summed E-state index contributed by atoms with van der Waals surface area (Å²) in [6, 6.07) is 4.73. The molecule has 0 bridgehead atoms. The van der Waals surface area contributed by atoms with E-state index in [0.29, 0.717) is 0 Å². The van der Waals surface area contributed by atoms with Crippen LogP contribution in [0.4, 0.5) is 13.2 Å². The number of halogens is 3. The van der Waals surface area contributed by atoms with Crippen LogP contribution in [0.2, 0.25) is 0 Å². The maximum atomic E-state index is 13.1. The number of thiazole rings is 1. The zero-order valence-electron chi connectivity index (χ0n) is 12.9. The first-order valence-corrected chi connectivity index (χ1v) is 8.41. The number of alkyl halides is 3. The van der Waals surface area contributed by atoms with Crippen molar-refractivity contribution >= 4 is 23.2 Å². The first-order valence-electron chi connectivity index (χ1n) is 7.46. The van der Waals surface area contributed by atoms with Crippen LogP contribution in [0.5, 0.6) is 0 Å². The lowest BCUT2D eigenvalue weighted by molar-refractivity contribution is -0.139. The fraction of sp³-hybridized carbons (Fsp3) is 0.312. The lowest BCUT2D eigenvalue weighted by atomic mass is 10.1. The van der Waals surface area contributed by atoms with Crippen LogP contribution in [0.15, 0.2) is 35.2 Å². The number of carbonyl (C=O) groups excluding carboxylic acids is 2. The first kappa shape index (κ1) is 17.4. The van der Waals surface area contributed by atoms with Crippen molar-refractivity contribution in [3.05, 3.63) is 52.0 Å². The van der Waals surface area contributed by atoms with Gasteiger partial charge < -0.3 is 10.2 Å². The molecule has 9 heteroatoms. The molecule has 0 radical (unpaired) electrons. The van der Waals surface area contributed by atoms with Crippen molar-refractivity contribution in [1.82, 2.24) is 15.2 Å². The maximum absolute atomic E-state index is 13.1. The van der Waals surface area contributed by atoms with Gasteiger partial charge in [0.25, 0.3) is 5.91 Å². The maximum Gasteiger partial charge on any atom is 0.416 e. The minimum atomic E-state index is -4.47. The molecule has 1 aromatic carbocycles. The van der Waals surface area contributed by atoms with E-state index in [-0.39, 0.29) is 36.7 Å². The van der Waals surface area contributed by atoms with E-state index in [2.05, 4.69) is 10.3 Å². The molecule has 25 heavy (non-hydrogen) atoms. The third kappa shape index (κ3) is 3.98. The van der Waals surface area contributed by atoms with E-state index in [0.717, 1.165) is 6.07 Å². The molecule has 2 heterocycles. The molecule has 3 rings (SSSR count). The van der Waals surface area contributed by atoms with Gasteiger partial charge in [0.2, 0.25) is 5.91 Å². The van der Waals surface area contributed by atoms with Gasteiger partial charge in [0, 0.05) is 24.9 Å². The molecule has 1 atom stereocenters. The third-order valence-electron chi connectivity index (χ3n) is 3.90. The summed E-state index contributed by atoms with van der Waals surface area (Å²) in [4.78, 5) is 29.3. The van der Waals surface area contributed by atoms with Crippen LogP contribution in [0.3, 0.4) is 0 Å². The average molecular weight is 369 g/mol. The van der Waals surface area contributed by atoms with Gasteiger partial charge in [-0.25, -0.2) is 4.98 Å². The van der Waals surface area contributed by atoms with Crippen molar-refractivity contribution in [2.24, 2.45) is 0 Å². The molecular formula is C16H14F3N3O2S. The number of carbonyl (C=O) groups is 2. The first-order chi connectivity index (χ1) is 11.8. The van der Waals surface area contributed by atoms with Crippen LogP contribution in [0.1, 0.15) is 28.0 Å². The van der Waals surface area contributed by atoms with E-state index >= 15 is 0 Å². The number of hydrogen-bond donors (Lipinski definition) is 1. The Morgan fingerprint density at radius 3 is 2.80 bits per heavy atom. The van der Waals surface area contributed by atoms with Gasteiger partial charge in [0.05, 0.1) is 17.1 Å². The molecule has 1 N–H and O–H groups in total. The monoisotopic (exact) mass is 369 g/mol. The van der Waals surface area contributed by atoms with E-state index < -0.39 is 23.7 Å². The molecule has 1 fully saturated rings. The molecule has 2 aromatic rings. The highest BCUT2D eigenvalue weighted by atomic mass is 32.1.